The molecule has 0 unspecified atom stereocenters. The van der Waals surface area contributed by atoms with E-state index in [0.29, 0.717) is 0 Å². The van der Waals surface area contributed by atoms with Gasteiger partial charge in [-0.25, -0.2) is 9.50 Å². The lowest BCUT2D eigenvalue weighted by molar-refractivity contribution is 0.685. The van der Waals surface area contributed by atoms with Crippen molar-refractivity contribution in [2.75, 3.05) is 0 Å². The highest BCUT2D eigenvalue weighted by atomic mass is 79.9. The molecule has 2 aromatic heterocycles. The van der Waals surface area contributed by atoms with Crippen molar-refractivity contribution < 1.29 is 0 Å². The van der Waals surface area contributed by atoms with Crippen molar-refractivity contribution in [2.45, 2.75) is 20.0 Å². The Hall–Kier alpha value is -1.72. The molecular weight excluding hydrogens is 316 g/mol. The van der Waals surface area contributed by atoms with E-state index < -0.39 is 0 Å². The Morgan fingerprint density at radius 3 is 2.70 bits per heavy atom. The maximum Gasteiger partial charge on any atom is 0.155 e. The van der Waals surface area contributed by atoms with E-state index in [1.165, 1.54) is 5.56 Å². The molecule has 0 aliphatic heterocycles. The minimum atomic E-state index is 0.776. The predicted octanol–water partition coefficient (Wildman–Crippen LogP) is 3.09. The van der Waals surface area contributed by atoms with Crippen LogP contribution in [0.15, 0.2) is 47.2 Å². The van der Waals surface area contributed by atoms with Crippen LogP contribution in [-0.2, 0) is 13.1 Å². The van der Waals surface area contributed by atoms with Gasteiger partial charge in [0.05, 0.1) is 5.69 Å². The lowest BCUT2D eigenvalue weighted by atomic mass is 10.2. The lowest BCUT2D eigenvalue weighted by Gasteiger charge is -2.05. The zero-order valence-electron chi connectivity index (χ0n) is 11.2. The smallest absolute Gasteiger partial charge is 0.155 e. The Morgan fingerprint density at radius 2 is 1.90 bits per heavy atom. The molecule has 0 saturated carbocycles. The third-order valence-corrected chi connectivity index (χ3v) is 3.59. The summed E-state index contributed by atoms with van der Waals surface area (Å²) in [6, 6.07) is 10.3. The zero-order chi connectivity index (χ0) is 13.9. The first-order valence-corrected chi connectivity index (χ1v) is 7.26. The highest BCUT2D eigenvalue weighted by Crippen LogP contribution is 2.10. The van der Waals surface area contributed by atoms with E-state index in [0.717, 1.165) is 34.5 Å². The predicted molar refractivity (Wildman–Crippen MR) is 82.4 cm³/mol. The first kappa shape index (κ1) is 13.3. The van der Waals surface area contributed by atoms with Crippen LogP contribution in [-0.4, -0.2) is 14.6 Å². The molecule has 0 atom stereocenters. The minimum Gasteiger partial charge on any atom is -0.309 e. The topological polar surface area (TPSA) is 42.2 Å². The summed E-state index contributed by atoms with van der Waals surface area (Å²) in [5, 5.41) is 7.78. The number of fused-ring (bicyclic) bond motifs is 1. The van der Waals surface area contributed by atoms with Gasteiger partial charge in [0.15, 0.2) is 5.65 Å². The standard InChI is InChI=1S/C15H15BrN4/c1-11-6-15-18-9-13(10-20(15)19-11)8-17-7-12-2-4-14(16)5-3-12/h2-6,9-10,17H,7-8H2,1H3. The minimum absolute atomic E-state index is 0.776. The molecule has 4 nitrogen and oxygen atoms in total. The quantitative estimate of drug-likeness (QED) is 0.799. The van der Waals surface area contributed by atoms with Gasteiger partial charge >= 0.3 is 0 Å². The molecule has 0 amide bonds. The summed E-state index contributed by atoms with van der Waals surface area (Å²) in [6.07, 6.45) is 3.91. The van der Waals surface area contributed by atoms with Crippen molar-refractivity contribution in [3.05, 3.63) is 64.0 Å². The van der Waals surface area contributed by atoms with Crippen molar-refractivity contribution in [2.24, 2.45) is 0 Å². The summed E-state index contributed by atoms with van der Waals surface area (Å²) in [4.78, 5) is 4.39. The SMILES string of the molecule is Cc1cc2ncc(CNCc3ccc(Br)cc3)cn2n1. The Kier molecular flexibility index (Phi) is 3.80. The van der Waals surface area contributed by atoms with Crippen molar-refractivity contribution >= 4 is 21.6 Å². The monoisotopic (exact) mass is 330 g/mol. The summed E-state index contributed by atoms with van der Waals surface area (Å²) in [7, 11) is 0. The molecule has 0 aliphatic rings. The fourth-order valence-corrected chi connectivity index (χ4v) is 2.34. The maximum absolute atomic E-state index is 4.39. The average molecular weight is 331 g/mol. The first-order chi connectivity index (χ1) is 9.70. The molecule has 102 valence electrons. The van der Waals surface area contributed by atoms with Gasteiger partial charge in [-0.15, -0.1) is 0 Å². The summed E-state index contributed by atoms with van der Waals surface area (Å²) < 4.78 is 2.93. The molecule has 1 N–H and O–H groups in total. The van der Waals surface area contributed by atoms with Crippen molar-refractivity contribution in [1.82, 2.24) is 19.9 Å². The number of aromatic nitrogens is 3. The molecule has 0 radical (unpaired) electrons. The summed E-state index contributed by atoms with van der Waals surface area (Å²) >= 11 is 3.44. The second kappa shape index (κ2) is 5.73. The zero-order valence-corrected chi connectivity index (χ0v) is 12.8. The number of benzene rings is 1. The second-order valence-corrected chi connectivity index (χ2v) is 5.70. The van der Waals surface area contributed by atoms with Gasteiger partial charge in [0.25, 0.3) is 0 Å². The molecule has 20 heavy (non-hydrogen) atoms. The van der Waals surface area contributed by atoms with Crippen LogP contribution in [0.3, 0.4) is 0 Å². The number of rotatable bonds is 4. The summed E-state index contributed by atoms with van der Waals surface area (Å²) in [5.41, 5.74) is 4.26. The van der Waals surface area contributed by atoms with E-state index in [9.17, 15) is 0 Å². The highest BCUT2D eigenvalue weighted by Gasteiger charge is 2.01. The number of aryl methyl sites for hydroxylation is 1. The molecule has 3 aromatic rings. The molecule has 0 spiro atoms. The van der Waals surface area contributed by atoms with E-state index >= 15 is 0 Å². The van der Waals surface area contributed by atoms with Crippen LogP contribution in [0.4, 0.5) is 0 Å². The van der Waals surface area contributed by atoms with E-state index in [2.05, 4.69) is 55.6 Å². The number of halogens is 1. The molecule has 0 bridgehead atoms. The number of hydrogen-bond donors (Lipinski definition) is 1. The van der Waals surface area contributed by atoms with Crippen LogP contribution >= 0.6 is 15.9 Å². The van der Waals surface area contributed by atoms with Crippen molar-refractivity contribution in [3.8, 4) is 0 Å². The van der Waals surface area contributed by atoms with Crippen molar-refractivity contribution in [3.63, 3.8) is 0 Å². The number of nitrogens with zero attached hydrogens (tertiary/aromatic N) is 3. The van der Waals surface area contributed by atoms with Crippen LogP contribution in [0.1, 0.15) is 16.8 Å². The molecule has 0 aliphatic carbocycles. The van der Waals surface area contributed by atoms with Crippen LogP contribution < -0.4 is 5.32 Å². The molecule has 0 saturated heterocycles. The van der Waals surface area contributed by atoms with E-state index in [4.69, 9.17) is 0 Å². The summed E-state index contributed by atoms with van der Waals surface area (Å²) in [5.74, 6) is 0. The maximum atomic E-state index is 4.39. The fraction of sp³-hybridized carbons (Fsp3) is 0.200. The van der Waals surface area contributed by atoms with Crippen LogP contribution in [0, 0.1) is 6.92 Å². The fourth-order valence-electron chi connectivity index (χ4n) is 2.08. The molecule has 3 rings (SSSR count). The van der Waals surface area contributed by atoms with Gasteiger partial charge < -0.3 is 5.32 Å². The van der Waals surface area contributed by atoms with Gasteiger partial charge in [0, 0.05) is 41.6 Å². The van der Waals surface area contributed by atoms with Crippen molar-refractivity contribution in [1.29, 1.82) is 0 Å². The van der Waals surface area contributed by atoms with Gasteiger partial charge in [0.1, 0.15) is 0 Å². The summed E-state index contributed by atoms with van der Waals surface area (Å²) in [6.45, 7) is 3.58. The third kappa shape index (κ3) is 3.05. The van der Waals surface area contributed by atoms with Crippen LogP contribution in [0.5, 0.6) is 0 Å². The molecule has 1 aromatic carbocycles. The first-order valence-electron chi connectivity index (χ1n) is 6.47. The Morgan fingerprint density at radius 1 is 1.15 bits per heavy atom. The largest absolute Gasteiger partial charge is 0.309 e. The van der Waals surface area contributed by atoms with Gasteiger partial charge in [-0.3, -0.25) is 0 Å². The van der Waals surface area contributed by atoms with E-state index in [1.807, 2.05) is 29.9 Å². The molecular formula is C15H15BrN4. The lowest BCUT2D eigenvalue weighted by Crippen LogP contribution is -2.13. The third-order valence-electron chi connectivity index (χ3n) is 3.06. The van der Waals surface area contributed by atoms with Gasteiger partial charge in [0.2, 0.25) is 0 Å². The van der Waals surface area contributed by atoms with E-state index in [-0.39, 0.29) is 0 Å². The molecule has 0 fully saturated rings. The van der Waals surface area contributed by atoms with Gasteiger partial charge in [-0.1, -0.05) is 28.1 Å². The van der Waals surface area contributed by atoms with Crippen LogP contribution in [0.25, 0.3) is 5.65 Å². The van der Waals surface area contributed by atoms with Gasteiger partial charge in [-0.05, 0) is 24.6 Å². The number of hydrogen-bond acceptors (Lipinski definition) is 3. The Bertz CT molecular complexity index is 718. The molecule has 2 heterocycles. The molecule has 5 heteroatoms. The Balaban J connectivity index is 1.63. The van der Waals surface area contributed by atoms with Gasteiger partial charge in [-0.2, -0.15) is 5.10 Å². The second-order valence-electron chi connectivity index (χ2n) is 4.78. The number of nitrogens with one attached hydrogen (secondary N) is 1. The average Bonchev–Trinajstić information content (AvgIpc) is 2.80. The van der Waals surface area contributed by atoms with Crippen LogP contribution in [0.2, 0.25) is 0 Å². The Labute approximate surface area is 126 Å². The normalized spacial score (nSPS) is 11.1. The van der Waals surface area contributed by atoms with E-state index in [1.54, 1.807) is 0 Å². The highest BCUT2D eigenvalue weighted by molar-refractivity contribution is 9.10.